The number of unbranched alkanes of at least 4 members (excludes halogenated alkanes) is 2. The Morgan fingerprint density at radius 3 is 2.00 bits per heavy atom. The molecule has 0 heterocycles. The van der Waals surface area contributed by atoms with Gasteiger partial charge in [0.1, 0.15) is 11.3 Å². The molecule has 4 rings (SSSR count). The lowest BCUT2D eigenvalue weighted by molar-refractivity contribution is -0.187. The van der Waals surface area contributed by atoms with E-state index < -0.39 is 46.5 Å². The molecule has 0 spiro atoms. The van der Waals surface area contributed by atoms with Crippen LogP contribution in [0.4, 0.5) is 30.7 Å². The van der Waals surface area contributed by atoms with Gasteiger partial charge in [-0.15, -0.1) is 0 Å². The molecule has 0 radical (unpaired) electrons. The topological polar surface area (TPSA) is 9.23 Å². The van der Waals surface area contributed by atoms with Crippen molar-refractivity contribution in [2.45, 2.75) is 70.3 Å². The Morgan fingerprint density at radius 1 is 0.763 bits per heavy atom. The maximum absolute atomic E-state index is 14.9. The van der Waals surface area contributed by atoms with Gasteiger partial charge >= 0.3 is 6.11 Å². The largest absolute Gasteiger partial charge is 0.429 e. The van der Waals surface area contributed by atoms with Gasteiger partial charge in [0.2, 0.25) is 0 Å². The maximum atomic E-state index is 14.9. The van der Waals surface area contributed by atoms with Crippen LogP contribution >= 0.6 is 0 Å². The molecule has 204 valence electrons. The lowest BCUT2D eigenvalue weighted by atomic mass is 9.77. The van der Waals surface area contributed by atoms with E-state index in [9.17, 15) is 30.7 Å². The molecule has 0 bridgehead atoms. The second-order valence-electron chi connectivity index (χ2n) is 9.94. The summed E-state index contributed by atoms with van der Waals surface area (Å²) in [5.41, 5.74) is -0.253. The van der Waals surface area contributed by atoms with E-state index in [1.165, 1.54) is 38.5 Å². The minimum absolute atomic E-state index is 0.190. The summed E-state index contributed by atoms with van der Waals surface area (Å²) < 4.78 is 103. The molecule has 0 saturated heterocycles. The van der Waals surface area contributed by atoms with E-state index in [4.69, 9.17) is 0 Å². The average molecular weight is 539 g/mol. The molecule has 0 N–H and O–H groups in total. The highest BCUT2D eigenvalue weighted by Crippen LogP contribution is 2.40. The minimum atomic E-state index is -4.49. The summed E-state index contributed by atoms with van der Waals surface area (Å²) in [6.45, 7) is 2.20. The number of ether oxygens (including phenoxy) is 1. The van der Waals surface area contributed by atoms with Gasteiger partial charge in [-0.25, -0.2) is 22.0 Å². The Bertz CT molecular complexity index is 1230. The average Bonchev–Trinajstić information content (AvgIpc) is 2.89. The standard InChI is InChI=1S/C30H29F7O/c1-2-3-4-5-18-6-8-19(9-7-18)20-10-12-21(13-11-20)23-14-15-24(28(34)27(23)33)30(36,37)38-22-16-25(31)29(35)26(32)17-22/h10-19H,2-9H2,1H3. The van der Waals surface area contributed by atoms with Gasteiger partial charge < -0.3 is 4.74 Å². The zero-order valence-corrected chi connectivity index (χ0v) is 21.0. The molecule has 0 amide bonds. The second kappa shape index (κ2) is 11.8. The lowest BCUT2D eigenvalue weighted by Gasteiger charge is -2.29. The van der Waals surface area contributed by atoms with Crippen LogP contribution in [0.2, 0.25) is 0 Å². The fourth-order valence-corrected chi connectivity index (χ4v) is 5.19. The van der Waals surface area contributed by atoms with E-state index in [1.807, 2.05) is 12.1 Å². The number of benzene rings is 3. The van der Waals surface area contributed by atoms with E-state index in [2.05, 4.69) is 11.7 Å². The van der Waals surface area contributed by atoms with E-state index >= 15 is 0 Å². The molecule has 0 aromatic heterocycles. The quantitative estimate of drug-likeness (QED) is 0.150. The molecule has 3 aromatic carbocycles. The Hall–Kier alpha value is -3.03. The summed E-state index contributed by atoms with van der Waals surface area (Å²) in [6, 6.07) is 9.02. The number of hydrogen-bond acceptors (Lipinski definition) is 1. The predicted octanol–water partition coefficient (Wildman–Crippen LogP) is 10.0. The molecule has 1 nitrogen and oxygen atoms in total. The van der Waals surface area contributed by atoms with Crippen molar-refractivity contribution in [3.05, 3.63) is 88.7 Å². The van der Waals surface area contributed by atoms with Crippen LogP contribution in [0.3, 0.4) is 0 Å². The number of hydrogen-bond donors (Lipinski definition) is 0. The first-order chi connectivity index (χ1) is 18.1. The van der Waals surface area contributed by atoms with Crippen molar-refractivity contribution < 1.29 is 35.5 Å². The van der Waals surface area contributed by atoms with Gasteiger partial charge in [-0.2, -0.15) is 8.78 Å². The number of halogens is 7. The van der Waals surface area contributed by atoms with E-state index in [0.717, 1.165) is 30.4 Å². The fourth-order valence-electron chi connectivity index (χ4n) is 5.19. The van der Waals surface area contributed by atoms with Crippen LogP contribution in [-0.4, -0.2) is 0 Å². The smallest absolute Gasteiger partial charge is 0.429 e. The van der Waals surface area contributed by atoms with Crippen LogP contribution in [-0.2, 0) is 6.11 Å². The van der Waals surface area contributed by atoms with E-state index in [1.54, 1.807) is 12.1 Å². The number of rotatable bonds is 9. The molecule has 38 heavy (non-hydrogen) atoms. The van der Waals surface area contributed by atoms with Gasteiger partial charge in [-0.1, -0.05) is 62.9 Å². The normalized spacial score (nSPS) is 18.0. The Balaban J connectivity index is 1.47. The van der Waals surface area contributed by atoms with Gasteiger partial charge in [-0.3, -0.25) is 0 Å². The van der Waals surface area contributed by atoms with Gasteiger partial charge in [0.25, 0.3) is 0 Å². The molecular formula is C30H29F7O. The Morgan fingerprint density at radius 2 is 1.39 bits per heavy atom. The SMILES string of the molecule is CCCCCC1CCC(c2ccc(-c3ccc(C(F)(F)Oc4cc(F)c(F)c(F)c4)c(F)c3F)cc2)CC1. The molecule has 1 aliphatic rings. The van der Waals surface area contributed by atoms with Crippen molar-refractivity contribution in [3.8, 4) is 16.9 Å². The zero-order valence-electron chi connectivity index (χ0n) is 21.0. The molecule has 8 heteroatoms. The summed E-state index contributed by atoms with van der Waals surface area (Å²) in [5, 5.41) is 0. The van der Waals surface area contributed by atoms with Crippen LogP contribution in [0.5, 0.6) is 5.75 Å². The third kappa shape index (κ3) is 6.16. The van der Waals surface area contributed by atoms with Gasteiger partial charge in [0, 0.05) is 17.7 Å². The maximum Gasteiger partial charge on any atom is 0.429 e. The monoisotopic (exact) mass is 538 g/mol. The van der Waals surface area contributed by atoms with Gasteiger partial charge in [0.05, 0.1) is 0 Å². The van der Waals surface area contributed by atoms with Gasteiger partial charge in [0.15, 0.2) is 29.1 Å². The van der Waals surface area contributed by atoms with E-state index in [-0.39, 0.29) is 17.7 Å². The first-order valence-corrected chi connectivity index (χ1v) is 12.9. The van der Waals surface area contributed by atoms with Crippen LogP contribution in [0.1, 0.15) is 75.3 Å². The molecule has 0 unspecified atom stereocenters. The van der Waals surface area contributed by atoms with Crippen LogP contribution in [0, 0.1) is 35.0 Å². The fraction of sp³-hybridized carbons (Fsp3) is 0.400. The summed E-state index contributed by atoms with van der Waals surface area (Å²) in [5.74, 6) is -8.70. The summed E-state index contributed by atoms with van der Waals surface area (Å²) in [4.78, 5) is 0. The highest BCUT2D eigenvalue weighted by Gasteiger charge is 2.40. The zero-order chi connectivity index (χ0) is 27.4. The molecule has 0 atom stereocenters. The molecule has 1 fully saturated rings. The molecule has 1 saturated carbocycles. The first kappa shape index (κ1) is 28.0. The summed E-state index contributed by atoms with van der Waals surface area (Å²) >= 11 is 0. The summed E-state index contributed by atoms with van der Waals surface area (Å²) in [7, 11) is 0. The van der Waals surface area contributed by atoms with Crippen molar-refractivity contribution in [1.29, 1.82) is 0 Å². The minimum Gasteiger partial charge on any atom is -0.429 e. The first-order valence-electron chi connectivity index (χ1n) is 12.9. The highest BCUT2D eigenvalue weighted by atomic mass is 19.3. The molecule has 3 aromatic rings. The van der Waals surface area contributed by atoms with Crippen molar-refractivity contribution in [2.75, 3.05) is 0 Å². The molecular weight excluding hydrogens is 509 g/mol. The van der Waals surface area contributed by atoms with Crippen molar-refractivity contribution in [1.82, 2.24) is 0 Å². The lowest BCUT2D eigenvalue weighted by Crippen LogP contribution is -2.24. The Labute approximate surface area is 217 Å². The Kier molecular flexibility index (Phi) is 8.68. The predicted molar refractivity (Wildman–Crippen MR) is 131 cm³/mol. The second-order valence-corrected chi connectivity index (χ2v) is 9.94. The third-order valence-electron chi connectivity index (χ3n) is 7.36. The van der Waals surface area contributed by atoms with Crippen molar-refractivity contribution >= 4 is 0 Å². The highest BCUT2D eigenvalue weighted by molar-refractivity contribution is 5.65. The molecule has 0 aliphatic heterocycles. The van der Waals surface area contributed by atoms with E-state index in [0.29, 0.717) is 17.5 Å². The molecule has 1 aliphatic carbocycles. The number of alkyl halides is 2. The van der Waals surface area contributed by atoms with Gasteiger partial charge in [-0.05, 0) is 54.7 Å². The third-order valence-corrected chi connectivity index (χ3v) is 7.36. The van der Waals surface area contributed by atoms with Crippen LogP contribution in [0.25, 0.3) is 11.1 Å². The van der Waals surface area contributed by atoms with Crippen molar-refractivity contribution in [3.63, 3.8) is 0 Å². The van der Waals surface area contributed by atoms with Crippen molar-refractivity contribution in [2.24, 2.45) is 5.92 Å². The van der Waals surface area contributed by atoms with Crippen LogP contribution < -0.4 is 4.74 Å². The summed E-state index contributed by atoms with van der Waals surface area (Å²) in [6.07, 6.45) is 5.01. The van der Waals surface area contributed by atoms with Crippen LogP contribution in [0.15, 0.2) is 48.5 Å².